The van der Waals surface area contributed by atoms with E-state index in [2.05, 4.69) is 6.92 Å². The lowest BCUT2D eigenvalue weighted by molar-refractivity contribution is -0.141. The van der Waals surface area contributed by atoms with Gasteiger partial charge in [0, 0.05) is 0 Å². The number of hydrogen-bond donors (Lipinski definition) is 1. The van der Waals surface area contributed by atoms with Gasteiger partial charge < -0.3 is 5.11 Å². The van der Waals surface area contributed by atoms with Gasteiger partial charge >= 0.3 is 5.97 Å². The van der Waals surface area contributed by atoms with Crippen LogP contribution in [0.5, 0.6) is 0 Å². The van der Waals surface area contributed by atoms with Crippen LogP contribution in [0, 0.1) is 5.92 Å². The summed E-state index contributed by atoms with van der Waals surface area (Å²) in [6.45, 7) is 2.13. The Labute approximate surface area is 109 Å². The van der Waals surface area contributed by atoms with E-state index in [0.29, 0.717) is 6.42 Å². The first kappa shape index (κ1) is 14.5. The second-order valence-electron chi connectivity index (χ2n) is 4.58. The second-order valence-corrected chi connectivity index (χ2v) is 4.58. The molecule has 1 atom stereocenters. The van der Waals surface area contributed by atoms with Crippen molar-refractivity contribution in [3.63, 3.8) is 0 Å². The first-order valence-corrected chi connectivity index (χ1v) is 6.68. The fourth-order valence-corrected chi connectivity index (χ4v) is 1.92. The number of allylic oxidation sites excluding steroid dienone is 1. The molecule has 1 unspecified atom stereocenters. The molecule has 0 radical (unpaired) electrons. The number of aliphatic carboxylic acids is 1. The molecule has 0 aliphatic heterocycles. The largest absolute Gasteiger partial charge is 0.481 e. The quantitative estimate of drug-likeness (QED) is 0.691. The normalized spacial score (nSPS) is 12.7. The molecule has 2 heteroatoms. The zero-order valence-electron chi connectivity index (χ0n) is 11.0. The Morgan fingerprint density at radius 3 is 2.61 bits per heavy atom. The SMILES string of the molecule is CCCCCC(CC=Cc1ccccc1)C(=O)O. The molecule has 1 N–H and O–H groups in total. The predicted octanol–water partition coefficient (Wildman–Crippen LogP) is 4.37. The van der Waals surface area contributed by atoms with Crippen LogP contribution in [0.1, 0.15) is 44.6 Å². The van der Waals surface area contributed by atoms with Crippen molar-refractivity contribution in [2.45, 2.75) is 39.0 Å². The van der Waals surface area contributed by atoms with Gasteiger partial charge in [0.15, 0.2) is 0 Å². The van der Waals surface area contributed by atoms with Crippen molar-refractivity contribution >= 4 is 12.0 Å². The summed E-state index contributed by atoms with van der Waals surface area (Å²) in [5, 5.41) is 9.14. The summed E-state index contributed by atoms with van der Waals surface area (Å²) in [5.41, 5.74) is 1.12. The lowest BCUT2D eigenvalue weighted by Gasteiger charge is -2.08. The van der Waals surface area contributed by atoms with Crippen LogP contribution in [0.3, 0.4) is 0 Å². The van der Waals surface area contributed by atoms with Crippen LogP contribution >= 0.6 is 0 Å². The summed E-state index contributed by atoms with van der Waals surface area (Å²) >= 11 is 0. The van der Waals surface area contributed by atoms with Crippen LogP contribution in [0.4, 0.5) is 0 Å². The second kappa shape index (κ2) is 8.51. The molecule has 0 spiro atoms. The van der Waals surface area contributed by atoms with Gasteiger partial charge in [0.05, 0.1) is 5.92 Å². The summed E-state index contributed by atoms with van der Waals surface area (Å²) in [6.07, 6.45) is 8.62. The number of rotatable bonds is 8. The summed E-state index contributed by atoms with van der Waals surface area (Å²) in [7, 11) is 0. The van der Waals surface area contributed by atoms with Crippen LogP contribution in [-0.4, -0.2) is 11.1 Å². The molecule has 0 bridgehead atoms. The first-order chi connectivity index (χ1) is 8.74. The Morgan fingerprint density at radius 2 is 2.00 bits per heavy atom. The van der Waals surface area contributed by atoms with Gasteiger partial charge in [0.25, 0.3) is 0 Å². The van der Waals surface area contributed by atoms with Gasteiger partial charge in [0.1, 0.15) is 0 Å². The minimum Gasteiger partial charge on any atom is -0.481 e. The van der Waals surface area contributed by atoms with Crippen molar-refractivity contribution in [3.05, 3.63) is 42.0 Å². The zero-order chi connectivity index (χ0) is 13.2. The van der Waals surface area contributed by atoms with Crippen molar-refractivity contribution in [2.24, 2.45) is 5.92 Å². The maximum atomic E-state index is 11.1. The highest BCUT2D eigenvalue weighted by Crippen LogP contribution is 2.15. The van der Waals surface area contributed by atoms with E-state index in [0.717, 1.165) is 31.2 Å². The molecule has 0 saturated carbocycles. The third kappa shape index (κ3) is 5.67. The number of hydrogen-bond acceptors (Lipinski definition) is 1. The molecular formula is C16H22O2. The van der Waals surface area contributed by atoms with Gasteiger partial charge in [-0.05, 0) is 18.4 Å². The van der Waals surface area contributed by atoms with E-state index in [-0.39, 0.29) is 5.92 Å². The monoisotopic (exact) mass is 246 g/mol. The Kier molecular flexibility index (Phi) is 6.85. The number of carboxylic acids is 1. The molecular weight excluding hydrogens is 224 g/mol. The molecule has 1 aromatic carbocycles. The van der Waals surface area contributed by atoms with Gasteiger partial charge in [-0.15, -0.1) is 0 Å². The minimum absolute atomic E-state index is 0.239. The smallest absolute Gasteiger partial charge is 0.306 e. The Morgan fingerprint density at radius 1 is 1.28 bits per heavy atom. The van der Waals surface area contributed by atoms with Crippen molar-refractivity contribution < 1.29 is 9.90 Å². The summed E-state index contributed by atoms with van der Waals surface area (Å²) in [5.74, 6) is -0.916. The molecule has 1 rings (SSSR count). The summed E-state index contributed by atoms with van der Waals surface area (Å²) in [4.78, 5) is 11.1. The highest BCUT2D eigenvalue weighted by Gasteiger charge is 2.14. The van der Waals surface area contributed by atoms with Crippen molar-refractivity contribution in [2.75, 3.05) is 0 Å². The Bertz CT molecular complexity index is 368. The van der Waals surface area contributed by atoms with Gasteiger partial charge in [-0.2, -0.15) is 0 Å². The predicted molar refractivity (Wildman–Crippen MR) is 75.4 cm³/mol. The average molecular weight is 246 g/mol. The first-order valence-electron chi connectivity index (χ1n) is 6.68. The van der Waals surface area contributed by atoms with Crippen LogP contribution in [0.2, 0.25) is 0 Å². The molecule has 0 amide bonds. The van der Waals surface area contributed by atoms with E-state index < -0.39 is 5.97 Å². The Hall–Kier alpha value is -1.57. The van der Waals surface area contributed by atoms with E-state index in [4.69, 9.17) is 5.11 Å². The van der Waals surface area contributed by atoms with Crippen molar-refractivity contribution in [3.8, 4) is 0 Å². The van der Waals surface area contributed by atoms with E-state index in [9.17, 15) is 4.79 Å². The number of carbonyl (C=O) groups is 1. The number of benzene rings is 1. The molecule has 0 saturated heterocycles. The van der Waals surface area contributed by atoms with E-state index >= 15 is 0 Å². The molecule has 18 heavy (non-hydrogen) atoms. The summed E-state index contributed by atoms with van der Waals surface area (Å²) in [6, 6.07) is 9.97. The van der Waals surface area contributed by atoms with Gasteiger partial charge in [-0.3, -0.25) is 4.79 Å². The molecule has 98 valence electrons. The lowest BCUT2D eigenvalue weighted by atomic mass is 9.97. The fourth-order valence-electron chi connectivity index (χ4n) is 1.92. The maximum absolute atomic E-state index is 11.1. The standard InChI is InChI=1S/C16H22O2/c1-2-3-5-12-15(16(17)18)13-8-11-14-9-6-4-7-10-14/h4,6-11,15H,2-3,5,12-13H2,1H3,(H,17,18). The van der Waals surface area contributed by atoms with Gasteiger partial charge in [0.2, 0.25) is 0 Å². The van der Waals surface area contributed by atoms with Gasteiger partial charge in [-0.25, -0.2) is 0 Å². The highest BCUT2D eigenvalue weighted by atomic mass is 16.4. The van der Waals surface area contributed by atoms with E-state index in [1.807, 2.05) is 42.5 Å². The van der Waals surface area contributed by atoms with Crippen LogP contribution in [0.25, 0.3) is 6.08 Å². The van der Waals surface area contributed by atoms with E-state index in [1.54, 1.807) is 0 Å². The molecule has 0 heterocycles. The third-order valence-corrected chi connectivity index (χ3v) is 3.04. The Balaban J connectivity index is 2.42. The van der Waals surface area contributed by atoms with Crippen LogP contribution in [-0.2, 0) is 4.79 Å². The third-order valence-electron chi connectivity index (χ3n) is 3.04. The fraction of sp³-hybridized carbons (Fsp3) is 0.438. The topological polar surface area (TPSA) is 37.3 Å². The molecule has 0 aromatic heterocycles. The lowest BCUT2D eigenvalue weighted by Crippen LogP contribution is -2.12. The van der Waals surface area contributed by atoms with Gasteiger partial charge in [-0.1, -0.05) is 68.7 Å². The van der Waals surface area contributed by atoms with E-state index in [1.165, 1.54) is 0 Å². The molecule has 1 aromatic rings. The molecule has 0 fully saturated rings. The minimum atomic E-state index is -0.677. The number of carboxylic acid groups (broad SMARTS) is 1. The molecule has 0 aliphatic carbocycles. The molecule has 2 nitrogen and oxygen atoms in total. The molecule has 0 aliphatic rings. The van der Waals surface area contributed by atoms with Crippen molar-refractivity contribution in [1.29, 1.82) is 0 Å². The average Bonchev–Trinajstić information content (AvgIpc) is 2.38. The van der Waals surface area contributed by atoms with Crippen molar-refractivity contribution in [1.82, 2.24) is 0 Å². The highest BCUT2D eigenvalue weighted by molar-refractivity contribution is 5.70. The van der Waals surface area contributed by atoms with Crippen LogP contribution < -0.4 is 0 Å². The number of unbranched alkanes of at least 4 members (excludes halogenated alkanes) is 2. The van der Waals surface area contributed by atoms with Crippen LogP contribution in [0.15, 0.2) is 36.4 Å². The maximum Gasteiger partial charge on any atom is 0.306 e. The summed E-state index contributed by atoms with van der Waals surface area (Å²) < 4.78 is 0. The zero-order valence-corrected chi connectivity index (χ0v) is 11.0.